The van der Waals surface area contributed by atoms with Crippen LogP contribution in [0.15, 0.2) is 23.3 Å². The van der Waals surface area contributed by atoms with E-state index in [4.69, 9.17) is 5.84 Å². The van der Waals surface area contributed by atoms with Crippen molar-refractivity contribution in [2.24, 2.45) is 10.9 Å². The van der Waals surface area contributed by atoms with Crippen molar-refractivity contribution in [3.8, 4) is 0 Å². The molecule has 1 aromatic carbocycles. The largest absolute Gasteiger partial charge is 0.322 e. The molecule has 0 heterocycles. The second-order valence-electron chi connectivity index (χ2n) is 3.42. The number of rotatable bonds is 1. The molecule has 0 aliphatic carbocycles. The quantitative estimate of drug-likeness (QED) is 0.344. The van der Waals surface area contributed by atoms with Crippen LogP contribution in [-0.2, 0) is 0 Å². The lowest BCUT2D eigenvalue weighted by molar-refractivity contribution is 1.17. The van der Waals surface area contributed by atoms with Gasteiger partial charge in [-0.2, -0.15) is 5.10 Å². The summed E-state index contributed by atoms with van der Waals surface area (Å²) in [6.07, 6.45) is 1.97. The predicted octanol–water partition coefficient (Wildman–Crippen LogP) is 2.33. The Morgan fingerprint density at radius 1 is 1.33 bits per heavy atom. The topological polar surface area (TPSA) is 41.6 Å². The van der Waals surface area contributed by atoms with Crippen molar-refractivity contribution in [2.75, 3.05) is 18.2 Å². The first-order valence-corrected chi connectivity index (χ1v) is 5.96. The molecule has 82 valence electrons. The van der Waals surface area contributed by atoms with Crippen molar-refractivity contribution >= 4 is 22.6 Å². The molecule has 0 atom stereocenters. The fourth-order valence-electron chi connectivity index (χ4n) is 1.71. The van der Waals surface area contributed by atoms with Gasteiger partial charge in [0.15, 0.2) is 5.17 Å². The average molecular weight is 223 g/mol. The highest BCUT2D eigenvalue weighted by molar-refractivity contribution is 8.13. The summed E-state index contributed by atoms with van der Waals surface area (Å²) in [4.78, 5) is 2.02. The summed E-state index contributed by atoms with van der Waals surface area (Å²) < 4.78 is 0. The maximum atomic E-state index is 5.35. The van der Waals surface area contributed by atoms with Crippen LogP contribution in [0.4, 0.5) is 5.69 Å². The Balaban J connectivity index is 3.16. The molecular weight excluding hydrogens is 206 g/mol. The van der Waals surface area contributed by atoms with E-state index in [1.165, 1.54) is 16.8 Å². The third-order valence-corrected chi connectivity index (χ3v) is 3.10. The first-order valence-electron chi connectivity index (χ1n) is 4.73. The molecule has 0 saturated heterocycles. The van der Waals surface area contributed by atoms with Gasteiger partial charge in [0.1, 0.15) is 0 Å². The highest BCUT2D eigenvalue weighted by Gasteiger charge is 2.12. The number of hydrazone groups is 1. The molecular formula is C11H17N3S. The van der Waals surface area contributed by atoms with Gasteiger partial charge in [-0.1, -0.05) is 30.0 Å². The maximum Gasteiger partial charge on any atom is 0.186 e. The van der Waals surface area contributed by atoms with Crippen LogP contribution in [0.5, 0.6) is 0 Å². The van der Waals surface area contributed by atoms with E-state index < -0.39 is 0 Å². The van der Waals surface area contributed by atoms with Gasteiger partial charge in [-0.25, -0.2) is 0 Å². The SMILES string of the molecule is CS/C(=N\N)N(C)c1c(C)cccc1C. The van der Waals surface area contributed by atoms with Crippen molar-refractivity contribution in [3.63, 3.8) is 0 Å². The monoisotopic (exact) mass is 223 g/mol. The first kappa shape index (κ1) is 11.9. The minimum absolute atomic E-state index is 0.812. The van der Waals surface area contributed by atoms with E-state index >= 15 is 0 Å². The zero-order valence-electron chi connectivity index (χ0n) is 9.61. The average Bonchev–Trinajstić information content (AvgIpc) is 2.19. The fraction of sp³-hybridized carbons (Fsp3) is 0.364. The fourth-order valence-corrected chi connectivity index (χ4v) is 2.18. The molecule has 1 rings (SSSR count). The highest BCUT2D eigenvalue weighted by atomic mass is 32.2. The molecule has 0 amide bonds. The number of amidine groups is 1. The molecule has 0 saturated carbocycles. The summed E-state index contributed by atoms with van der Waals surface area (Å²) in [6, 6.07) is 6.24. The van der Waals surface area contributed by atoms with Crippen molar-refractivity contribution in [1.29, 1.82) is 0 Å². The molecule has 4 heteroatoms. The van der Waals surface area contributed by atoms with E-state index in [9.17, 15) is 0 Å². The van der Waals surface area contributed by atoms with Crippen LogP contribution in [0.3, 0.4) is 0 Å². The number of aryl methyl sites for hydroxylation is 2. The first-order chi connectivity index (χ1) is 7.11. The molecule has 0 aliphatic rings. The molecule has 1 aromatic rings. The second kappa shape index (κ2) is 5.07. The van der Waals surface area contributed by atoms with Gasteiger partial charge in [-0.15, -0.1) is 0 Å². The van der Waals surface area contributed by atoms with Gasteiger partial charge in [0.05, 0.1) is 0 Å². The van der Waals surface area contributed by atoms with Gasteiger partial charge in [0, 0.05) is 12.7 Å². The summed E-state index contributed by atoms with van der Waals surface area (Å²) in [5.41, 5.74) is 3.64. The van der Waals surface area contributed by atoms with Gasteiger partial charge in [-0.3, -0.25) is 0 Å². The van der Waals surface area contributed by atoms with E-state index in [1.54, 1.807) is 11.8 Å². The Morgan fingerprint density at radius 3 is 2.27 bits per heavy atom. The smallest absolute Gasteiger partial charge is 0.186 e. The van der Waals surface area contributed by atoms with Crippen molar-refractivity contribution in [1.82, 2.24) is 0 Å². The molecule has 0 bridgehead atoms. The lowest BCUT2D eigenvalue weighted by atomic mass is 10.1. The molecule has 0 radical (unpaired) electrons. The van der Waals surface area contributed by atoms with E-state index in [-0.39, 0.29) is 0 Å². The van der Waals surface area contributed by atoms with Crippen LogP contribution < -0.4 is 10.7 Å². The van der Waals surface area contributed by atoms with E-state index in [0.29, 0.717) is 0 Å². The van der Waals surface area contributed by atoms with Crippen LogP contribution >= 0.6 is 11.8 Å². The molecule has 0 aromatic heterocycles. The van der Waals surface area contributed by atoms with E-state index in [0.717, 1.165) is 5.17 Å². The second-order valence-corrected chi connectivity index (χ2v) is 4.19. The van der Waals surface area contributed by atoms with Gasteiger partial charge in [0.2, 0.25) is 0 Å². The normalized spacial score (nSPS) is 11.6. The molecule has 0 spiro atoms. The standard InChI is InChI=1S/C11H17N3S/c1-8-6-5-7-9(2)10(8)14(3)11(13-12)15-4/h5-7H,12H2,1-4H3/b13-11-. The maximum absolute atomic E-state index is 5.35. The Hall–Kier alpha value is -1.16. The van der Waals surface area contributed by atoms with Crippen molar-refractivity contribution in [2.45, 2.75) is 13.8 Å². The zero-order valence-corrected chi connectivity index (χ0v) is 10.4. The zero-order chi connectivity index (χ0) is 11.4. The molecule has 3 nitrogen and oxygen atoms in total. The van der Waals surface area contributed by atoms with Crippen LogP contribution in [0.1, 0.15) is 11.1 Å². The molecule has 2 N–H and O–H groups in total. The molecule has 0 fully saturated rings. The molecule has 0 unspecified atom stereocenters. The van der Waals surface area contributed by atoms with Crippen molar-refractivity contribution in [3.05, 3.63) is 29.3 Å². The minimum Gasteiger partial charge on any atom is -0.322 e. The summed E-state index contributed by atoms with van der Waals surface area (Å²) in [5.74, 6) is 5.35. The number of thioether (sulfide) groups is 1. The van der Waals surface area contributed by atoms with Gasteiger partial charge in [0.25, 0.3) is 0 Å². The number of hydrogen-bond donors (Lipinski definition) is 1. The summed E-state index contributed by atoms with van der Waals surface area (Å²) in [7, 11) is 1.98. The number of nitrogens with zero attached hydrogens (tertiary/aromatic N) is 2. The Labute approximate surface area is 95.3 Å². The van der Waals surface area contributed by atoms with E-state index in [2.05, 4.69) is 37.1 Å². The summed E-state index contributed by atoms with van der Waals surface area (Å²) in [5, 5.41) is 4.58. The molecule has 0 aliphatic heterocycles. The Kier molecular flexibility index (Phi) is 4.03. The van der Waals surface area contributed by atoms with Gasteiger partial charge < -0.3 is 10.7 Å². The lowest BCUT2D eigenvalue weighted by Crippen LogP contribution is -2.26. The number of benzene rings is 1. The Morgan fingerprint density at radius 2 is 1.87 bits per heavy atom. The third-order valence-electron chi connectivity index (χ3n) is 2.35. The van der Waals surface area contributed by atoms with Crippen LogP contribution in [0.2, 0.25) is 0 Å². The number of nitrogens with two attached hydrogens (primary N) is 1. The lowest BCUT2D eigenvalue weighted by Gasteiger charge is -2.23. The summed E-state index contributed by atoms with van der Waals surface area (Å²) in [6.45, 7) is 4.18. The number of anilines is 1. The van der Waals surface area contributed by atoms with Crippen molar-refractivity contribution < 1.29 is 0 Å². The van der Waals surface area contributed by atoms with Gasteiger partial charge >= 0.3 is 0 Å². The van der Waals surface area contributed by atoms with Crippen LogP contribution in [-0.4, -0.2) is 18.5 Å². The molecule has 15 heavy (non-hydrogen) atoms. The number of hydrogen-bond acceptors (Lipinski definition) is 3. The highest BCUT2D eigenvalue weighted by Crippen LogP contribution is 2.25. The van der Waals surface area contributed by atoms with Crippen LogP contribution in [0.25, 0.3) is 0 Å². The third kappa shape index (κ3) is 2.45. The van der Waals surface area contributed by atoms with Crippen LogP contribution in [0, 0.1) is 13.8 Å². The van der Waals surface area contributed by atoms with Gasteiger partial charge in [-0.05, 0) is 31.2 Å². The minimum atomic E-state index is 0.812. The summed E-state index contributed by atoms with van der Waals surface area (Å²) >= 11 is 1.54. The number of para-hydroxylation sites is 1. The van der Waals surface area contributed by atoms with E-state index in [1.807, 2.05) is 18.2 Å². The predicted molar refractivity (Wildman–Crippen MR) is 69.5 cm³/mol. The Bertz CT molecular complexity index is 354.